The maximum atomic E-state index is 7.24. The third-order valence-electron chi connectivity index (χ3n) is 10.9. The zero-order valence-electron chi connectivity index (χ0n) is 25.7. The lowest BCUT2D eigenvalue weighted by Gasteiger charge is -2.45. The van der Waals surface area contributed by atoms with E-state index in [0.29, 0.717) is 0 Å². The first-order valence-electron chi connectivity index (χ1n) is 16.6. The molecule has 0 amide bonds. The second kappa shape index (κ2) is 9.06. The Morgan fingerprint density at radius 3 is 2.12 bits per heavy atom. The number of anilines is 3. The molecule has 0 bridgehead atoms. The molecule has 0 unspecified atom stereocenters. The van der Waals surface area contributed by atoms with Crippen LogP contribution in [0, 0.1) is 0 Å². The van der Waals surface area contributed by atoms with Crippen molar-refractivity contribution in [1.29, 1.82) is 0 Å². The Morgan fingerprint density at radius 2 is 1.21 bits per heavy atom. The molecule has 0 radical (unpaired) electrons. The summed E-state index contributed by atoms with van der Waals surface area (Å²) in [6, 6.07) is 53.4. The van der Waals surface area contributed by atoms with Crippen LogP contribution in [0.15, 0.2) is 155 Å². The van der Waals surface area contributed by atoms with E-state index in [-0.39, 0.29) is 13.4 Å². The normalized spacial score (nSPS) is 14.2. The smallest absolute Gasteiger partial charge is 0.254 e. The minimum Gasteiger partial charge on any atom is -0.456 e. The molecule has 8 aromatic rings. The highest BCUT2D eigenvalue weighted by Gasteiger charge is 2.50. The topological polar surface area (TPSA) is 17.4 Å². The summed E-state index contributed by atoms with van der Waals surface area (Å²) in [5, 5.41) is 2.60. The molecule has 0 spiro atoms. The number of hydrogen-bond donors (Lipinski definition) is 0. The highest BCUT2D eigenvalue weighted by molar-refractivity contribution is 8.00. The predicted octanol–water partition coefficient (Wildman–Crippen LogP) is 6.48. The van der Waals surface area contributed by atoms with Gasteiger partial charge in [-0.2, -0.15) is 0 Å². The summed E-state index contributed by atoms with van der Waals surface area (Å²) in [6.07, 6.45) is 0. The SMILES string of the molecule is c1ccc(N2c3ccccc3B3c4c2c2c5c(c4-n4c6ccccc6c6cccc3c64)Sc3ccccc3B5c3ccccc3O2)cc1. The van der Waals surface area contributed by atoms with Crippen LogP contribution in [0.3, 0.4) is 0 Å². The molecule has 1 aromatic heterocycles. The van der Waals surface area contributed by atoms with Crippen LogP contribution in [-0.2, 0) is 0 Å². The van der Waals surface area contributed by atoms with Gasteiger partial charge in [-0.1, -0.05) is 126 Å². The van der Waals surface area contributed by atoms with E-state index in [1.165, 1.54) is 75.7 Å². The van der Waals surface area contributed by atoms with E-state index in [1.54, 1.807) is 0 Å². The molecule has 0 aliphatic carbocycles. The summed E-state index contributed by atoms with van der Waals surface area (Å²) in [5.74, 6) is 1.91. The lowest BCUT2D eigenvalue weighted by atomic mass is 9.32. The van der Waals surface area contributed by atoms with Crippen molar-refractivity contribution in [3.63, 3.8) is 0 Å². The molecule has 0 saturated carbocycles. The number of ether oxygens (including phenoxy) is 1. The fourth-order valence-electron chi connectivity index (χ4n) is 9.11. The highest BCUT2D eigenvalue weighted by atomic mass is 32.2. The molecular formula is C42H24B2N2OS. The molecule has 0 fully saturated rings. The average Bonchev–Trinajstić information content (AvgIpc) is 3.49. The standard InChI is InChI=1S/C42H24B2N2OS/c1-2-13-25(14-3-1)45-33-22-9-5-17-28(33)43-31-20-12-16-27-26-15-4-8-21-32(26)46(38(27)31)40-36(43)39(45)41-37-42(40)48-35-24-11-7-19-30(35)44(37)29-18-6-10-23-34(29)47-41/h1-24H. The number of nitrogens with zero attached hydrogens (tertiary/aromatic N) is 2. The van der Waals surface area contributed by atoms with Crippen LogP contribution in [-0.4, -0.2) is 18.0 Å². The lowest BCUT2D eigenvalue weighted by molar-refractivity contribution is 0.487. The van der Waals surface area contributed by atoms with Crippen LogP contribution in [0.4, 0.5) is 17.1 Å². The number of benzene rings is 7. The first-order valence-corrected chi connectivity index (χ1v) is 17.4. The monoisotopic (exact) mass is 626 g/mol. The lowest BCUT2D eigenvalue weighted by Crippen LogP contribution is -2.64. The van der Waals surface area contributed by atoms with Gasteiger partial charge in [0, 0.05) is 37.5 Å². The Balaban J connectivity index is 1.34. The van der Waals surface area contributed by atoms with Gasteiger partial charge in [-0.15, -0.1) is 0 Å². The first kappa shape index (κ1) is 25.5. The van der Waals surface area contributed by atoms with Gasteiger partial charge in [0.25, 0.3) is 13.4 Å². The third-order valence-corrected chi connectivity index (χ3v) is 12.1. The summed E-state index contributed by atoms with van der Waals surface area (Å²) in [5.41, 5.74) is 15.2. The Bertz CT molecular complexity index is 2710. The van der Waals surface area contributed by atoms with Gasteiger partial charge in [0.2, 0.25) is 0 Å². The second-order valence-electron chi connectivity index (χ2n) is 13.2. The van der Waals surface area contributed by atoms with Gasteiger partial charge < -0.3 is 14.2 Å². The largest absolute Gasteiger partial charge is 0.456 e. The van der Waals surface area contributed by atoms with Crippen molar-refractivity contribution in [2.24, 2.45) is 0 Å². The fraction of sp³-hybridized carbons (Fsp3) is 0. The molecule has 4 aliphatic rings. The molecule has 3 nitrogen and oxygen atoms in total. The van der Waals surface area contributed by atoms with Gasteiger partial charge >= 0.3 is 0 Å². The molecule has 48 heavy (non-hydrogen) atoms. The summed E-state index contributed by atoms with van der Waals surface area (Å²) in [4.78, 5) is 5.09. The molecule has 220 valence electrons. The Morgan fingerprint density at radius 1 is 0.521 bits per heavy atom. The Hall–Kier alpha value is -5.58. The van der Waals surface area contributed by atoms with Crippen LogP contribution in [0.2, 0.25) is 0 Å². The first-order chi connectivity index (χ1) is 23.9. The van der Waals surface area contributed by atoms with Gasteiger partial charge in [-0.05, 0) is 63.7 Å². The molecule has 6 heteroatoms. The molecule has 5 heterocycles. The van der Waals surface area contributed by atoms with E-state index < -0.39 is 0 Å². The molecule has 0 atom stereocenters. The summed E-state index contributed by atoms with van der Waals surface area (Å²) in [7, 11) is 0. The summed E-state index contributed by atoms with van der Waals surface area (Å²) >= 11 is 1.91. The van der Waals surface area contributed by atoms with Crippen molar-refractivity contribution in [3.05, 3.63) is 146 Å². The van der Waals surface area contributed by atoms with Crippen molar-refractivity contribution in [2.75, 3.05) is 4.90 Å². The number of hydrogen-bond acceptors (Lipinski definition) is 3. The Kier molecular flexibility index (Phi) is 4.81. The van der Waals surface area contributed by atoms with E-state index in [2.05, 4.69) is 155 Å². The zero-order chi connectivity index (χ0) is 31.1. The minimum absolute atomic E-state index is 0.0465. The zero-order valence-corrected chi connectivity index (χ0v) is 26.5. The van der Waals surface area contributed by atoms with Crippen molar-refractivity contribution >= 4 is 96.8 Å². The highest BCUT2D eigenvalue weighted by Crippen LogP contribution is 2.50. The average molecular weight is 626 g/mol. The number of aromatic nitrogens is 1. The van der Waals surface area contributed by atoms with Gasteiger partial charge in [0.1, 0.15) is 11.5 Å². The predicted molar refractivity (Wildman–Crippen MR) is 202 cm³/mol. The van der Waals surface area contributed by atoms with E-state index in [9.17, 15) is 0 Å². The second-order valence-corrected chi connectivity index (χ2v) is 14.2. The molecule has 4 aliphatic heterocycles. The van der Waals surface area contributed by atoms with Crippen LogP contribution in [0.5, 0.6) is 11.5 Å². The van der Waals surface area contributed by atoms with Gasteiger partial charge in [0.15, 0.2) is 0 Å². The quantitative estimate of drug-likeness (QED) is 0.194. The minimum atomic E-state index is 0.0465. The van der Waals surface area contributed by atoms with E-state index in [0.717, 1.165) is 22.9 Å². The number of rotatable bonds is 1. The van der Waals surface area contributed by atoms with Crippen molar-refractivity contribution in [3.8, 4) is 17.2 Å². The third kappa shape index (κ3) is 3.01. The summed E-state index contributed by atoms with van der Waals surface area (Å²) in [6.45, 7) is 0.104. The van der Waals surface area contributed by atoms with Crippen molar-refractivity contribution in [2.45, 2.75) is 9.79 Å². The maximum absolute atomic E-state index is 7.24. The molecule has 0 N–H and O–H groups in total. The summed E-state index contributed by atoms with van der Waals surface area (Å²) < 4.78 is 9.84. The van der Waals surface area contributed by atoms with Crippen LogP contribution < -0.4 is 42.4 Å². The fourth-order valence-corrected chi connectivity index (χ4v) is 10.4. The molecule has 12 rings (SSSR count). The van der Waals surface area contributed by atoms with E-state index in [1.807, 2.05) is 11.8 Å². The van der Waals surface area contributed by atoms with Crippen LogP contribution in [0.1, 0.15) is 0 Å². The van der Waals surface area contributed by atoms with Gasteiger partial charge in [0.05, 0.1) is 16.9 Å². The number of para-hydroxylation sites is 5. The van der Waals surface area contributed by atoms with Crippen LogP contribution >= 0.6 is 11.8 Å². The van der Waals surface area contributed by atoms with Gasteiger partial charge in [-0.3, -0.25) is 0 Å². The van der Waals surface area contributed by atoms with Gasteiger partial charge in [-0.25, -0.2) is 0 Å². The van der Waals surface area contributed by atoms with E-state index in [4.69, 9.17) is 4.74 Å². The molecule has 7 aromatic carbocycles. The van der Waals surface area contributed by atoms with E-state index >= 15 is 0 Å². The van der Waals surface area contributed by atoms with Crippen LogP contribution in [0.25, 0.3) is 27.5 Å². The van der Waals surface area contributed by atoms with Crippen molar-refractivity contribution in [1.82, 2.24) is 4.57 Å². The Labute approximate surface area is 282 Å². The van der Waals surface area contributed by atoms with Crippen molar-refractivity contribution < 1.29 is 4.74 Å². The maximum Gasteiger partial charge on any atom is 0.254 e. The molecule has 0 saturated heterocycles. The molecular weight excluding hydrogens is 602 g/mol. The number of fused-ring (bicyclic) bond motifs is 13.